The van der Waals surface area contributed by atoms with Crippen LogP contribution in [0.4, 0.5) is 5.13 Å². The van der Waals surface area contributed by atoms with Crippen molar-refractivity contribution >= 4 is 44.1 Å². The first-order valence-corrected chi connectivity index (χ1v) is 14.3. The van der Waals surface area contributed by atoms with Crippen molar-refractivity contribution in [2.45, 2.75) is 39.3 Å². The van der Waals surface area contributed by atoms with Gasteiger partial charge >= 0.3 is 5.91 Å². The first kappa shape index (κ1) is 27.6. The molecule has 0 radical (unpaired) electrons. The number of benzene rings is 3. The molecule has 216 valence electrons. The monoisotopic (exact) mass is 586 g/mol. The number of carbonyl (C=O) groups excluding carboxylic acids is 2. The fourth-order valence-corrected chi connectivity index (χ4v) is 6.96. The third kappa shape index (κ3) is 4.34. The van der Waals surface area contributed by atoms with Crippen LogP contribution in [-0.2, 0) is 16.0 Å². The van der Waals surface area contributed by atoms with Crippen molar-refractivity contribution < 1.29 is 33.6 Å². The van der Waals surface area contributed by atoms with Gasteiger partial charge in [-0.2, -0.15) is 0 Å². The number of aliphatic hydroxyl groups excluding tert-OH is 1. The number of fused-ring (bicyclic) bond motifs is 2. The number of hydrogen-bond acceptors (Lipinski definition) is 9. The van der Waals surface area contributed by atoms with Crippen LogP contribution in [0.2, 0.25) is 0 Å². The summed E-state index contributed by atoms with van der Waals surface area (Å²) in [6, 6.07) is 11.6. The van der Waals surface area contributed by atoms with Crippen LogP contribution in [0.15, 0.2) is 48.0 Å². The molecule has 2 aliphatic heterocycles. The van der Waals surface area contributed by atoms with Crippen molar-refractivity contribution in [1.29, 1.82) is 0 Å². The summed E-state index contributed by atoms with van der Waals surface area (Å²) < 4.78 is 23.4. The molecule has 9 nitrogen and oxygen atoms in total. The molecule has 0 spiro atoms. The summed E-state index contributed by atoms with van der Waals surface area (Å²) in [6.45, 7) is 5.93. The molecule has 6 rings (SSSR count). The van der Waals surface area contributed by atoms with Crippen LogP contribution < -0.4 is 23.8 Å². The van der Waals surface area contributed by atoms with E-state index in [0.29, 0.717) is 39.9 Å². The summed E-state index contributed by atoms with van der Waals surface area (Å²) in [6.07, 6.45) is 0.680. The minimum Gasteiger partial charge on any atom is -0.507 e. The number of carbonyl (C=O) groups is 2. The number of nitrogens with zero attached hydrogens (tertiary/aromatic N) is 2. The summed E-state index contributed by atoms with van der Waals surface area (Å²) in [5.41, 5.74) is 4.53. The van der Waals surface area contributed by atoms with Crippen molar-refractivity contribution in [2.24, 2.45) is 0 Å². The smallest absolute Gasteiger partial charge is 0.301 e. The van der Waals surface area contributed by atoms with Gasteiger partial charge in [-0.3, -0.25) is 14.5 Å². The fourth-order valence-electron chi connectivity index (χ4n) is 5.79. The van der Waals surface area contributed by atoms with E-state index >= 15 is 0 Å². The molecule has 0 unspecified atom stereocenters. The first-order chi connectivity index (χ1) is 20.1. The van der Waals surface area contributed by atoms with Gasteiger partial charge in [-0.25, -0.2) is 4.98 Å². The molecule has 1 aromatic heterocycles. The van der Waals surface area contributed by atoms with Crippen LogP contribution in [0.5, 0.6) is 23.0 Å². The molecule has 1 saturated heterocycles. The van der Waals surface area contributed by atoms with Gasteiger partial charge < -0.3 is 24.1 Å². The van der Waals surface area contributed by atoms with Gasteiger partial charge in [-0.05, 0) is 79.4 Å². The highest BCUT2D eigenvalue weighted by molar-refractivity contribution is 7.22. The largest absolute Gasteiger partial charge is 0.507 e. The lowest BCUT2D eigenvalue weighted by atomic mass is 9.94. The number of ketones is 1. The summed E-state index contributed by atoms with van der Waals surface area (Å²) in [4.78, 5) is 33.8. The number of hydrogen-bond donors (Lipinski definition) is 1. The van der Waals surface area contributed by atoms with Gasteiger partial charge in [0.15, 0.2) is 16.6 Å². The van der Waals surface area contributed by atoms with Gasteiger partial charge in [-0.1, -0.05) is 17.4 Å². The highest BCUT2D eigenvalue weighted by Crippen LogP contribution is 2.48. The second kappa shape index (κ2) is 10.4. The fraction of sp³-hybridized carbons (Fsp3) is 0.281. The number of rotatable bonds is 6. The van der Waals surface area contributed by atoms with Gasteiger partial charge in [0, 0.05) is 12.0 Å². The third-order valence-electron chi connectivity index (χ3n) is 7.64. The summed E-state index contributed by atoms with van der Waals surface area (Å²) in [5.74, 6) is -0.107. The highest BCUT2D eigenvalue weighted by Gasteiger charge is 2.49. The summed E-state index contributed by atoms with van der Waals surface area (Å²) in [5, 5.41) is 12.1. The summed E-state index contributed by atoms with van der Waals surface area (Å²) >= 11 is 1.31. The molecular formula is C32H30N2O7S. The minimum absolute atomic E-state index is 0.00772. The van der Waals surface area contributed by atoms with Crippen LogP contribution in [0.25, 0.3) is 16.0 Å². The molecule has 1 fully saturated rings. The minimum atomic E-state index is -1.02. The number of thiazole rings is 1. The molecule has 2 atom stereocenters. The van der Waals surface area contributed by atoms with E-state index in [0.717, 1.165) is 32.7 Å². The van der Waals surface area contributed by atoms with Gasteiger partial charge in [-0.15, -0.1) is 0 Å². The summed E-state index contributed by atoms with van der Waals surface area (Å²) in [7, 11) is 4.48. The normalized spacial score (nSPS) is 19.2. The van der Waals surface area contributed by atoms with Gasteiger partial charge in [0.1, 0.15) is 17.6 Å². The zero-order valence-electron chi connectivity index (χ0n) is 24.1. The quantitative estimate of drug-likeness (QED) is 0.169. The molecular weight excluding hydrogens is 556 g/mol. The zero-order valence-corrected chi connectivity index (χ0v) is 24.9. The van der Waals surface area contributed by atoms with E-state index in [-0.39, 0.29) is 17.4 Å². The number of ether oxygens (including phenoxy) is 4. The number of methoxy groups -OCH3 is 3. The maximum Gasteiger partial charge on any atom is 0.301 e. The molecule has 42 heavy (non-hydrogen) atoms. The lowest BCUT2D eigenvalue weighted by molar-refractivity contribution is -0.132. The Kier molecular flexibility index (Phi) is 6.81. The van der Waals surface area contributed by atoms with Crippen LogP contribution in [0.3, 0.4) is 0 Å². The van der Waals surface area contributed by atoms with Crippen LogP contribution in [0.1, 0.15) is 40.8 Å². The Hall–Kier alpha value is -4.57. The molecule has 1 N–H and O–H groups in total. The maximum atomic E-state index is 13.8. The van der Waals surface area contributed by atoms with Crippen molar-refractivity contribution in [3.63, 3.8) is 0 Å². The second-order valence-corrected chi connectivity index (χ2v) is 11.5. The van der Waals surface area contributed by atoms with E-state index in [2.05, 4.69) is 0 Å². The second-order valence-electron chi connectivity index (χ2n) is 10.5. The van der Waals surface area contributed by atoms with Gasteiger partial charge in [0.25, 0.3) is 5.78 Å². The molecule has 0 saturated carbocycles. The third-order valence-corrected chi connectivity index (χ3v) is 8.64. The highest BCUT2D eigenvalue weighted by atomic mass is 32.1. The molecule has 0 bridgehead atoms. The molecule has 3 aromatic carbocycles. The SMILES string of the molecule is COc1cc([C@H]2C(=C(O)c3ccc4c(c3)C[C@H](C)O4)C(=O)C(=O)N2c2nc3c(C)cc(C)cc3s2)cc(OC)c1OC. The predicted molar refractivity (Wildman–Crippen MR) is 160 cm³/mol. The number of aromatic nitrogens is 1. The Labute approximate surface area is 246 Å². The lowest BCUT2D eigenvalue weighted by Crippen LogP contribution is -2.29. The van der Waals surface area contributed by atoms with Crippen molar-refractivity contribution in [2.75, 3.05) is 26.2 Å². The number of aliphatic hydroxyl groups is 1. The lowest BCUT2D eigenvalue weighted by Gasteiger charge is -2.24. The van der Waals surface area contributed by atoms with Crippen LogP contribution >= 0.6 is 11.3 Å². The van der Waals surface area contributed by atoms with Crippen molar-refractivity contribution in [3.8, 4) is 23.0 Å². The van der Waals surface area contributed by atoms with E-state index in [9.17, 15) is 14.7 Å². The standard InChI is InChI=1S/C32H30N2O7S/c1-15-9-16(2)26-24(10-15)42-32(33-26)34-27(20-13-22(38-4)30(40-6)23(14-20)39-5)25(29(36)31(34)37)28(35)18-7-8-21-19(12-18)11-17(3)41-21/h7-10,12-14,17,27,35H,11H2,1-6H3/t17-,27-/m0/s1. The molecule has 1 amide bonds. The first-order valence-electron chi connectivity index (χ1n) is 13.4. The number of Topliss-reactive ketones (excluding diaryl/α,β-unsaturated/α-hetero) is 1. The van der Waals surface area contributed by atoms with Crippen LogP contribution in [0, 0.1) is 13.8 Å². The average Bonchev–Trinajstić information content (AvgIpc) is 3.64. The Balaban J connectivity index is 1.60. The Morgan fingerprint density at radius 2 is 1.74 bits per heavy atom. The molecule has 2 aliphatic rings. The molecule has 4 aromatic rings. The average molecular weight is 587 g/mol. The predicted octanol–water partition coefficient (Wildman–Crippen LogP) is 5.89. The number of anilines is 1. The Bertz CT molecular complexity index is 1780. The van der Waals surface area contributed by atoms with E-state index in [1.54, 1.807) is 30.3 Å². The van der Waals surface area contributed by atoms with E-state index in [1.807, 2.05) is 32.9 Å². The van der Waals surface area contributed by atoms with Crippen LogP contribution in [-0.4, -0.2) is 49.2 Å². The molecule has 3 heterocycles. The zero-order chi connectivity index (χ0) is 29.9. The van der Waals surface area contributed by atoms with Gasteiger partial charge in [0.2, 0.25) is 5.75 Å². The molecule has 0 aliphatic carbocycles. The Morgan fingerprint density at radius 3 is 2.40 bits per heavy atom. The molecule has 10 heteroatoms. The topological polar surface area (TPSA) is 107 Å². The number of amides is 1. The van der Waals surface area contributed by atoms with E-state index < -0.39 is 17.7 Å². The van der Waals surface area contributed by atoms with Crippen molar-refractivity contribution in [3.05, 3.63) is 75.9 Å². The van der Waals surface area contributed by atoms with E-state index in [4.69, 9.17) is 23.9 Å². The van der Waals surface area contributed by atoms with E-state index in [1.165, 1.54) is 37.6 Å². The maximum absolute atomic E-state index is 13.8. The van der Waals surface area contributed by atoms with Crippen molar-refractivity contribution in [1.82, 2.24) is 4.98 Å². The van der Waals surface area contributed by atoms with Gasteiger partial charge in [0.05, 0.1) is 43.2 Å². The Morgan fingerprint density at radius 1 is 1.02 bits per heavy atom. The number of aryl methyl sites for hydroxylation is 2.